The number of aliphatic hydroxyl groups is 1. The minimum Gasteiger partial charge on any atom is -0.455 e. The number of aromatic amines is 1. The van der Waals surface area contributed by atoms with Crippen molar-refractivity contribution in [2.45, 2.75) is 45.1 Å². The number of esters is 1. The fourth-order valence-corrected chi connectivity index (χ4v) is 2.52. The van der Waals surface area contributed by atoms with Crippen molar-refractivity contribution in [3.05, 3.63) is 23.0 Å². The summed E-state index contributed by atoms with van der Waals surface area (Å²) in [6, 6.07) is 1.73. The molecule has 0 spiro atoms. The second-order valence-electron chi connectivity index (χ2n) is 5.23. The van der Waals surface area contributed by atoms with Gasteiger partial charge in [-0.2, -0.15) is 0 Å². The second-order valence-corrected chi connectivity index (χ2v) is 5.23. The summed E-state index contributed by atoms with van der Waals surface area (Å²) in [5, 5.41) is 10.0. The molecule has 1 saturated carbocycles. The molecule has 104 valence electrons. The topological polar surface area (TPSA) is 79.4 Å². The van der Waals surface area contributed by atoms with Crippen LogP contribution >= 0.6 is 0 Å². The predicted octanol–water partition coefficient (Wildman–Crippen LogP) is 1.66. The maximum absolute atomic E-state index is 11.9. The number of carbonyl (C=O) groups is 2. The van der Waals surface area contributed by atoms with E-state index in [9.17, 15) is 14.7 Å². The van der Waals surface area contributed by atoms with Gasteiger partial charge in [0.25, 0.3) is 0 Å². The number of aromatic nitrogens is 1. The molecule has 1 heterocycles. The number of hydrogen-bond donors (Lipinski definition) is 2. The third-order valence-electron chi connectivity index (χ3n) is 3.59. The molecule has 2 rings (SSSR count). The summed E-state index contributed by atoms with van der Waals surface area (Å²) in [7, 11) is 0. The van der Waals surface area contributed by atoms with Crippen LogP contribution in [0.2, 0.25) is 0 Å². The monoisotopic (exact) mass is 265 g/mol. The highest BCUT2D eigenvalue weighted by Crippen LogP contribution is 2.30. The fourth-order valence-electron chi connectivity index (χ4n) is 2.52. The molecule has 5 nitrogen and oxygen atoms in total. The Hall–Kier alpha value is -1.62. The average Bonchev–Trinajstić information content (AvgIpc) is 2.93. The quantitative estimate of drug-likeness (QED) is 0.641. The zero-order valence-electron chi connectivity index (χ0n) is 11.3. The van der Waals surface area contributed by atoms with E-state index in [0.717, 1.165) is 24.2 Å². The molecule has 0 radical (unpaired) electrons. The first kappa shape index (κ1) is 13.8. The summed E-state index contributed by atoms with van der Waals surface area (Å²) >= 11 is 0. The van der Waals surface area contributed by atoms with Crippen molar-refractivity contribution in [3.8, 4) is 0 Å². The molecule has 1 aromatic heterocycles. The first-order valence-electron chi connectivity index (χ1n) is 6.51. The van der Waals surface area contributed by atoms with Crippen molar-refractivity contribution in [1.29, 1.82) is 0 Å². The number of carbonyl (C=O) groups excluding carboxylic acids is 2. The van der Waals surface area contributed by atoms with Gasteiger partial charge >= 0.3 is 5.97 Å². The zero-order chi connectivity index (χ0) is 14.0. The molecule has 1 aliphatic carbocycles. The Bertz CT molecular complexity index is 498. The fraction of sp³-hybridized carbons (Fsp3) is 0.571. The Morgan fingerprint density at radius 1 is 1.37 bits per heavy atom. The van der Waals surface area contributed by atoms with Gasteiger partial charge in [-0.15, -0.1) is 0 Å². The zero-order valence-corrected chi connectivity index (χ0v) is 11.3. The summed E-state index contributed by atoms with van der Waals surface area (Å²) in [6.07, 6.45) is 2.47. The van der Waals surface area contributed by atoms with Crippen LogP contribution in [0.5, 0.6) is 0 Å². The van der Waals surface area contributed by atoms with Crippen molar-refractivity contribution in [2.24, 2.45) is 0 Å². The van der Waals surface area contributed by atoms with Crippen LogP contribution in [0.15, 0.2) is 6.07 Å². The largest absolute Gasteiger partial charge is 0.455 e. The molecule has 0 saturated heterocycles. The minimum absolute atomic E-state index is 0.253. The van der Waals surface area contributed by atoms with Gasteiger partial charge in [0.15, 0.2) is 12.2 Å². The normalized spacial score (nSPS) is 17.4. The molecule has 0 aromatic carbocycles. The minimum atomic E-state index is -1.39. The van der Waals surface area contributed by atoms with E-state index in [2.05, 4.69) is 4.98 Å². The number of rotatable bonds is 4. The van der Waals surface area contributed by atoms with Gasteiger partial charge in [0.1, 0.15) is 0 Å². The summed E-state index contributed by atoms with van der Waals surface area (Å²) in [6.45, 7) is 3.34. The molecule has 1 fully saturated rings. The van der Waals surface area contributed by atoms with Crippen molar-refractivity contribution in [2.75, 3.05) is 6.61 Å². The van der Waals surface area contributed by atoms with Crippen LogP contribution in [-0.2, 0) is 9.53 Å². The first-order valence-corrected chi connectivity index (χ1v) is 6.51. The lowest BCUT2D eigenvalue weighted by molar-refractivity contribution is -0.163. The Morgan fingerprint density at radius 2 is 2.00 bits per heavy atom. The maximum Gasteiger partial charge on any atom is 0.338 e. The molecular weight excluding hydrogens is 246 g/mol. The van der Waals surface area contributed by atoms with Crippen molar-refractivity contribution in [3.63, 3.8) is 0 Å². The molecule has 0 aliphatic heterocycles. The Kier molecular flexibility index (Phi) is 3.75. The van der Waals surface area contributed by atoms with Crippen LogP contribution in [-0.4, -0.2) is 34.1 Å². The molecule has 0 unspecified atom stereocenters. The summed E-state index contributed by atoms with van der Waals surface area (Å²) < 4.78 is 4.96. The van der Waals surface area contributed by atoms with E-state index in [1.165, 1.54) is 0 Å². The Morgan fingerprint density at radius 3 is 2.53 bits per heavy atom. The van der Waals surface area contributed by atoms with Crippen molar-refractivity contribution >= 4 is 11.8 Å². The van der Waals surface area contributed by atoms with E-state index in [4.69, 9.17) is 4.74 Å². The number of aryl methyl sites for hydroxylation is 2. The lowest BCUT2D eigenvalue weighted by Gasteiger charge is -2.19. The van der Waals surface area contributed by atoms with Gasteiger partial charge in [-0.3, -0.25) is 4.79 Å². The van der Waals surface area contributed by atoms with Gasteiger partial charge in [-0.05, 0) is 45.6 Å². The standard InChI is InChI=1S/C14H19NO4/c1-9-7-11(10(2)15-9)12(16)8-19-13(17)14(18)5-3-4-6-14/h7,15,18H,3-6,8H2,1-2H3. The molecule has 19 heavy (non-hydrogen) atoms. The lowest BCUT2D eigenvalue weighted by atomic mass is 10.0. The summed E-state index contributed by atoms with van der Waals surface area (Å²) in [5.74, 6) is -0.931. The third kappa shape index (κ3) is 2.87. The third-order valence-corrected chi connectivity index (χ3v) is 3.59. The number of ether oxygens (including phenoxy) is 1. The molecular formula is C14H19NO4. The number of ketones is 1. The Labute approximate surface area is 112 Å². The number of nitrogens with one attached hydrogen (secondary N) is 1. The number of H-pyrrole nitrogens is 1. The van der Waals surface area contributed by atoms with Crippen LogP contribution in [0, 0.1) is 13.8 Å². The van der Waals surface area contributed by atoms with Crippen LogP contribution in [0.25, 0.3) is 0 Å². The molecule has 5 heteroatoms. The van der Waals surface area contributed by atoms with Crippen LogP contribution in [0.3, 0.4) is 0 Å². The highest BCUT2D eigenvalue weighted by atomic mass is 16.6. The maximum atomic E-state index is 11.9. The van der Waals surface area contributed by atoms with Gasteiger partial charge in [0.2, 0.25) is 5.78 Å². The van der Waals surface area contributed by atoms with Crippen molar-refractivity contribution in [1.82, 2.24) is 4.98 Å². The van der Waals surface area contributed by atoms with Crippen LogP contribution in [0.1, 0.15) is 47.4 Å². The lowest BCUT2D eigenvalue weighted by Crippen LogP contribution is -2.38. The van der Waals surface area contributed by atoms with Gasteiger partial charge in [0.05, 0.1) is 0 Å². The molecule has 2 N–H and O–H groups in total. The van der Waals surface area contributed by atoms with Crippen molar-refractivity contribution < 1.29 is 19.4 Å². The smallest absolute Gasteiger partial charge is 0.338 e. The van der Waals surface area contributed by atoms with Crippen LogP contribution < -0.4 is 0 Å². The van der Waals surface area contributed by atoms with E-state index in [1.807, 2.05) is 6.92 Å². The SMILES string of the molecule is Cc1cc(C(=O)COC(=O)C2(O)CCCC2)c(C)[nH]1. The van der Waals surface area contributed by atoms with E-state index in [0.29, 0.717) is 18.4 Å². The highest BCUT2D eigenvalue weighted by Gasteiger charge is 2.40. The molecule has 1 aliphatic rings. The molecule has 1 aromatic rings. The highest BCUT2D eigenvalue weighted by molar-refractivity contribution is 5.99. The van der Waals surface area contributed by atoms with Crippen LogP contribution in [0.4, 0.5) is 0 Å². The van der Waals surface area contributed by atoms with Gasteiger partial charge in [0, 0.05) is 17.0 Å². The van der Waals surface area contributed by atoms with E-state index >= 15 is 0 Å². The summed E-state index contributed by atoms with van der Waals surface area (Å²) in [5.41, 5.74) is 0.798. The number of hydrogen-bond acceptors (Lipinski definition) is 4. The van der Waals surface area contributed by atoms with Gasteiger partial charge in [-0.25, -0.2) is 4.79 Å². The van der Waals surface area contributed by atoms with E-state index in [-0.39, 0.29) is 12.4 Å². The molecule has 0 amide bonds. The Balaban J connectivity index is 1.94. The van der Waals surface area contributed by atoms with Gasteiger partial charge in [-0.1, -0.05) is 0 Å². The first-order chi connectivity index (χ1) is 8.92. The van der Waals surface area contributed by atoms with E-state index < -0.39 is 11.6 Å². The molecule has 0 bridgehead atoms. The second kappa shape index (κ2) is 5.17. The predicted molar refractivity (Wildman–Crippen MR) is 69.0 cm³/mol. The molecule has 0 atom stereocenters. The average molecular weight is 265 g/mol. The van der Waals surface area contributed by atoms with E-state index in [1.54, 1.807) is 13.0 Å². The number of Topliss-reactive ketones (excluding diaryl/α,β-unsaturated/α-hetero) is 1. The summed E-state index contributed by atoms with van der Waals surface area (Å²) in [4.78, 5) is 26.7. The van der Waals surface area contributed by atoms with Gasteiger partial charge < -0.3 is 14.8 Å².